The lowest BCUT2D eigenvalue weighted by Crippen LogP contribution is -2.17. The second-order valence-corrected chi connectivity index (χ2v) is 5.64. The Morgan fingerprint density at radius 2 is 2.00 bits per heavy atom. The standard InChI is InChI=1S/C14H14BrN3O3/c1-8-6-9(2)13(10(15)7-8)16-14(19)11-4-5-12(17(11)3)18(20)21/h4-7H,1-3H3,(H,16,19). The van der Waals surface area contributed by atoms with E-state index in [-0.39, 0.29) is 11.5 Å². The quantitative estimate of drug-likeness (QED) is 0.678. The molecule has 7 heteroatoms. The van der Waals surface area contributed by atoms with Crippen LogP contribution < -0.4 is 5.32 Å². The van der Waals surface area contributed by atoms with Crippen molar-refractivity contribution < 1.29 is 9.72 Å². The van der Waals surface area contributed by atoms with E-state index >= 15 is 0 Å². The minimum absolute atomic E-state index is 0.125. The lowest BCUT2D eigenvalue weighted by atomic mass is 10.1. The highest BCUT2D eigenvalue weighted by atomic mass is 79.9. The Morgan fingerprint density at radius 3 is 2.52 bits per heavy atom. The van der Waals surface area contributed by atoms with Gasteiger partial charge in [-0.05, 0) is 58.0 Å². The van der Waals surface area contributed by atoms with Crippen molar-refractivity contribution in [2.45, 2.75) is 13.8 Å². The maximum absolute atomic E-state index is 12.3. The molecular weight excluding hydrogens is 338 g/mol. The molecule has 0 saturated carbocycles. The summed E-state index contributed by atoms with van der Waals surface area (Å²) >= 11 is 3.42. The van der Waals surface area contributed by atoms with Gasteiger partial charge in [0.2, 0.25) is 0 Å². The van der Waals surface area contributed by atoms with Crippen molar-refractivity contribution >= 4 is 33.3 Å². The van der Waals surface area contributed by atoms with Gasteiger partial charge in [0.05, 0.1) is 12.7 Å². The first kappa shape index (κ1) is 15.2. The number of aryl methyl sites for hydroxylation is 2. The molecule has 0 fully saturated rings. The molecule has 0 radical (unpaired) electrons. The van der Waals surface area contributed by atoms with Gasteiger partial charge in [-0.2, -0.15) is 0 Å². The minimum Gasteiger partial charge on any atom is -0.358 e. The first-order chi connectivity index (χ1) is 9.81. The molecule has 0 aliphatic heterocycles. The third-order valence-electron chi connectivity index (χ3n) is 3.19. The van der Waals surface area contributed by atoms with Crippen molar-refractivity contribution in [3.63, 3.8) is 0 Å². The summed E-state index contributed by atoms with van der Waals surface area (Å²) in [4.78, 5) is 22.6. The molecule has 0 unspecified atom stereocenters. The molecule has 1 heterocycles. The van der Waals surface area contributed by atoms with Gasteiger partial charge in [0.25, 0.3) is 5.91 Å². The van der Waals surface area contributed by atoms with Crippen LogP contribution in [0.1, 0.15) is 21.6 Å². The van der Waals surface area contributed by atoms with Crippen LogP contribution in [0.4, 0.5) is 11.5 Å². The van der Waals surface area contributed by atoms with Crippen LogP contribution in [0.3, 0.4) is 0 Å². The lowest BCUT2D eigenvalue weighted by Gasteiger charge is -2.11. The molecular formula is C14H14BrN3O3. The molecule has 2 rings (SSSR count). The topological polar surface area (TPSA) is 77.2 Å². The SMILES string of the molecule is Cc1cc(C)c(NC(=O)c2ccc([N+](=O)[O-])n2C)c(Br)c1. The van der Waals surface area contributed by atoms with Crippen LogP contribution >= 0.6 is 15.9 Å². The molecule has 0 aliphatic rings. The zero-order chi connectivity index (χ0) is 15.7. The summed E-state index contributed by atoms with van der Waals surface area (Å²) < 4.78 is 2.03. The smallest absolute Gasteiger partial charge is 0.323 e. The molecule has 1 aromatic carbocycles. The average molecular weight is 352 g/mol. The number of carbonyl (C=O) groups is 1. The van der Waals surface area contributed by atoms with Crippen LogP contribution in [0.5, 0.6) is 0 Å². The summed E-state index contributed by atoms with van der Waals surface area (Å²) in [5.41, 5.74) is 2.88. The predicted molar refractivity (Wildman–Crippen MR) is 83.6 cm³/mol. The van der Waals surface area contributed by atoms with Crippen LogP contribution in [0.2, 0.25) is 0 Å². The van der Waals surface area contributed by atoms with Gasteiger partial charge in [-0.1, -0.05) is 6.07 Å². The third kappa shape index (κ3) is 2.97. The van der Waals surface area contributed by atoms with Crippen LogP contribution in [-0.2, 0) is 7.05 Å². The normalized spacial score (nSPS) is 10.5. The fourth-order valence-electron chi connectivity index (χ4n) is 2.16. The van der Waals surface area contributed by atoms with Crippen LogP contribution in [0.25, 0.3) is 0 Å². The number of anilines is 1. The van der Waals surface area contributed by atoms with E-state index in [4.69, 9.17) is 0 Å². The number of rotatable bonds is 3. The summed E-state index contributed by atoms with van der Waals surface area (Å²) in [7, 11) is 1.49. The Labute approximate surface area is 130 Å². The molecule has 21 heavy (non-hydrogen) atoms. The first-order valence-electron chi connectivity index (χ1n) is 6.19. The summed E-state index contributed by atoms with van der Waals surface area (Å²) in [5, 5.41) is 13.6. The van der Waals surface area contributed by atoms with Gasteiger partial charge < -0.3 is 15.4 Å². The zero-order valence-electron chi connectivity index (χ0n) is 11.8. The Bertz CT molecular complexity index is 714. The number of aromatic nitrogens is 1. The van der Waals surface area contributed by atoms with Crippen LogP contribution in [-0.4, -0.2) is 15.4 Å². The molecule has 0 bridgehead atoms. The highest BCUT2D eigenvalue weighted by Crippen LogP contribution is 2.28. The van der Waals surface area contributed by atoms with Crippen molar-refractivity contribution in [2.24, 2.45) is 7.05 Å². The maximum Gasteiger partial charge on any atom is 0.323 e. The molecule has 0 aliphatic carbocycles. The Morgan fingerprint density at radius 1 is 1.33 bits per heavy atom. The van der Waals surface area contributed by atoms with Crippen molar-refractivity contribution in [1.29, 1.82) is 0 Å². The minimum atomic E-state index is -0.524. The van der Waals surface area contributed by atoms with E-state index in [1.54, 1.807) is 0 Å². The fraction of sp³-hybridized carbons (Fsp3) is 0.214. The van der Waals surface area contributed by atoms with E-state index in [1.165, 1.54) is 23.7 Å². The number of nitro groups is 1. The van der Waals surface area contributed by atoms with E-state index in [9.17, 15) is 14.9 Å². The molecule has 0 spiro atoms. The largest absolute Gasteiger partial charge is 0.358 e. The van der Waals surface area contributed by atoms with E-state index in [1.807, 2.05) is 26.0 Å². The van der Waals surface area contributed by atoms with Crippen molar-refractivity contribution in [3.05, 3.63) is 55.7 Å². The van der Waals surface area contributed by atoms with Crippen molar-refractivity contribution in [3.8, 4) is 0 Å². The van der Waals surface area contributed by atoms with Gasteiger partial charge in [0.15, 0.2) is 5.69 Å². The highest BCUT2D eigenvalue weighted by Gasteiger charge is 2.21. The number of nitrogens with zero attached hydrogens (tertiary/aromatic N) is 2. The highest BCUT2D eigenvalue weighted by molar-refractivity contribution is 9.10. The predicted octanol–water partition coefficient (Wildman–Crippen LogP) is 3.56. The van der Waals surface area contributed by atoms with Gasteiger partial charge >= 0.3 is 5.82 Å². The van der Waals surface area contributed by atoms with Gasteiger partial charge in [0.1, 0.15) is 0 Å². The van der Waals surface area contributed by atoms with Gasteiger partial charge in [-0.15, -0.1) is 0 Å². The van der Waals surface area contributed by atoms with Crippen molar-refractivity contribution in [2.75, 3.05) is 5.32 Å². The molecule has 1 amide bonds. The van der Waals surface area contributed by atoms with E-state index in [0.717, 1.165) is 15.6 Å². The second-order valence-electron chi connectivity index (χ2n) is 4.79. The Kier molecular flexibility index (Phi) is 4.13. The number of hydrogen-bond donors (Lipinski definition) is 1. The molecule has 110 valence electrons. The molecule has 0 saturated heterocycles. The molecule has 0 atom stereocenters. The Hall–Kier alpha value is -2.15. The number of nitrogens with one attached hydrogen (secondary N) is 1. The molecule has 6 nitrogen and oxygen atoms in total. The number of carbonyl (C=O) groups excluding carboxylic acids is 1. The van der Waals surface area contributed by atoms with Gasteiger partial charge in [0, 0.05) is 10.5 Å². The van der Waals surface area contributed by atoms with Crippen LogP contribution in [0, 0.1) is 24.0 Å². The summed E-state index contributed by atoms with van der Waals surface area (Å²) in [6.07, 6.45) is 0. The van der Waals surface area contributed by atoms with Gasteiger partial charge in [-0.3, -0.25) is 4.79 Å². The maximum atomic E-state index is 12.3. The third-order valence-corrected chi connectivity index (χ3v) is 3.81. The average Bonchev–Trinajstić information content (AvgIpc) is 2.75. The second kappa shape index (κ2) is 5.69. The first-order valence-corrected chi connectivity index (χ1v) is 6.98. The zero-order valence-corrected chi connectivity index (χ0v) is 13.4. The summed E-state index contributed by atoms with van der Waals surface area (Å²) in [6.45, 7) is 3.85. The van der Waals surface area contributed by atoms with E-state index < -0.39 is 10.8 Å². The van der Waals surface area contributed by atoms with Crippen LogP contribution in [0.15, 0.2) is 28.7 Å². The Balaban J connectivity index is 2.33. The molecule has 1 aromatic heterocycles. The number of benzene rings is 1. The monoisotopic (exact) mass is 351 g/mol. The number of halogens is 1. The van der Waals surface area contributed by atoms with E-state index in [0.29, 0.717) is 5.69 Å². The number of amides is 1. The summed E-state index contributed by atoms with van der Waals surface area (Å²) in [6, 6.07) is 6.60. The molecule has 1 N–H and O–H groups in total. The fourth-order valence-corrected chi connectivity index (χ4v) is 2.94. The van der Waals surface area contributed by atoms with Crippen molar-refractivity contribution in [1.82, 2.24) is 4.57 Å². The molecule has 2 aromatic rings. The lowest BCUT2D eigenvalue weighted by molar-refractivity contribution is -0.391. The van der Waals surface area contributed by atoms with Gasteiger partial charge in [-0.25, -0.2) is 4.57 Å². The summed E-state index contributed by atoms with van der Waals surface area (Å²) in [5.74, 6) is -0.516. The number of hydrogen-bond acceptors (Lipinski definition) is 3. The van der Waals surface area contributed by atoms with E-state index in [2.05, 4.69) is 21.2 Å².